The van der Waals surface area contributed by atoms with E-state index in [1.54, 1.807) is 0 Å². The number of nitrogens with one attached hydrogen (secondary N) is 1. The molecular formula is C14H17NO4. The summed E-state index contributed by atoms with van der Waals surface area (Å²) < 4.78 is 5.47. The highest BCUT2D eigenvalue weighted by Gasteiger charge is 2.15. The van der Waals surface area contributed by atoms with Gasteiger partial charge >= 0.3 is 5.97 Å². The van der Waals surface area contributed by atoms with Gasteiger partial charge in [0.15, 0.2) is 0 Å². The predicted molar refractivity (Wildman–Crippen MR) is 69.3 cm³/mol. The number of carbonyl (C=O) groups is 2. The fourth-order valence-electron chi connectivity index (χ4n) is 2.08. The lowest BCUT2D eigenvalue weighted by atomic mass is 10.1. The van der Waals surface area contributed by atoms with Gasteiger partial charge in [-0.2, -0.15) is 0 Å². The predicted octanol–water partition coefficient (Wildman–Crippen LogP) is 1.68. The normalized spacial score (nSPS) is 18.2. The molecule has 0 saturated carbocycles. The molecule has 0 spiro atoms. The average molecular weight is 263 g/mol. The van der Waals surface area contributed by atoms with E-state index >= 15 is 0 Å². The Morgan fingerprint density at radius 2 is 1.95 bits per heavy atom. The van der Waals surface area contributed by atoms with Gasteiger partial charge in [-0.3, -0.25) is 4.79 Å². The zero-order chi connectivity index (χ0) is 13.7. The van der Waals surface area contributed by atoms with Crippen LogP contribution in [0.4, 0.5) is 0 Å². The van der Waals surface area contributed by atoms with Crippen LogP contribution in [0.2, 0.25) is 0 Å². The number of benzene rings is 1. The van der Waals surface area contributed by atoms with E-state index in [1.807, 2.05) is 0 Å². The Morgan fingerprint density at radius 1 is 1.26 bits per heavy atom. The lowest BCUT2D eigenvalue weighted by molar-refractivity contribution is 0.0696. The first-order valence-electron chi connectivity index (χ1n) is 6.40. The van der Waals surface area contributed by atoms with E-state index in [9.17, 15) is 9.59 Å². The van der Waals surface area contributed by atoms with Crippen molar-refractivity contribution in [2.75, 3.05) is 13.2 Å². The number of carboxylic acid groups (broad SMARTS) is 1. The molecule has 1 amide bonds. The quantitative estimate of drug-likeness (QED) is 0.847. The van der Waals surface area contributed by atoms with Crippen molar-refractivity contribution in [2.24, 2.45) is 0 Å². The van der Waals surface area contributed by atoms with Crippen molar-refractivity contribution < 1.29 is 19.4 Å². The number of ether oxygens (including phenoxy) is 1. The van der Waals surface area contributed by atoms with Gasteiger partial charge in [0, 0.05) is 18.7 Å². The maximum absolute atomic E-state index is 11.8. The second-order valence-corrected chi connectivity index (χ2v) is 4.56. The Labute approximate surface area is 111 Å². The van der Waals surface area contributed by atoms with Crippen LogP contribution in [0.3, 0.4) is 0 Å². The number of carbonyl (C=O) groups excluding carboxylic acids is 1. The fourth-order valence-corrected chi connectivity index (χ4v) is 2.08. The zero-order valence-electron chi connectivity index (χ0n) is 10.6. The first-order chi connectivity index (χ1) is 9.16. The first-order valence-corrected chi connectivity index (χ1v) is 6.40. The SMILES string of the molecule is O=C(O)c1ccc(C(=O)NCCC2CCCO2)cc1. The molecule has 1 aliphatic rings. The van der Waals surface area contributed by atoms with Crippen molar-refractivity contribution in [1.29, 1.82) is 0 Å². The van der Waals surface area contributed by atoms with Crippen molar-refractivity contribution in [2.45, 2.75) is 25.4 Å². The molecule has 1 saturated heterocycles. The summed E-state index contributed by atoms with van der Waals surface area (Å²) in [7, 11) is 0. The Balaban J connectivity index is 1.80. The van der Waals surface area contributed by atoms with E-state index < -0.39 is 5.97 Å². The van der Waals surface area contributed by atoms with Gasteiger partial charge in [-0.15, -0.1) is 0 Å². The van der Waals surface area contributed by atoms with Gasteiger partial charge in [-0.05, 0) is 43.5 Å². The Bertz CT molecular complexity index is 449. The van der Waals surface area contributed by atoms with Gasteiger partial charge in [0.2, 0.25) is 0 Å². The summed E-state index contributed by atoms with van der Waals surface area (Å²) >= 11 is 0. The summed E-state index contributed by atoms with van der Waals surface area (Å²) in [6.45, 7) is 1.39. The first kappa shape index (κ1) is 13.5. The van der Waals surface area contributed by atoms with Crippen LogP contribution >= 0.6 is 0 Å². The highest BCUT2D eigenvalue weighted by Crippen LogP contribution is 2.14. The Hall–Kier alpha value is -1.88. The maximum Gasteiger partial charge on any atom is 0.335 e. The van der Waals surface area contributed by atoms with E-state index in [0.717, 1.165) is 25.9 Å². The Morgan fingerprint density at radius 3 is 2.53 bits per heavy atom. The van der Waals surface area contributed by atoms with E-state index in [2.05, 4.69) is 5.32 Å². The second-order valence-electron chi connectivity index (χ2n) is 4.56. The molecule has 1 unspecified atom stereocenters. The molecule has 1 heterocycles. The zero-order valence-corrected chi connectivity index (χ0v) is 10.6. The number of aromatic carboxylic acids is 1. The summed E-state index contributed by atoms with van der Waals surface area (Å²) in [6, 6.07) is 5.89. The monoisotopic (exact) mass is 263 g/mol. The largest absolute Gasteiger partial charge is 0.478 e. The number of hydrogen-bond donors (Lipinski definition) is 2. The van der Waals surface area contributed by atoms with Crippen LogP contribution in [-0.4, -0.2) is 36.2 Å². The smallest absolute Gasteiger partial charge is 0.335 e. The van der Waals surface area contributed by atoms with Crippen LogP contribution in [0.15, 0.2) is 24.3 Å². The molecule has 0 aliphatic carbocycles. The minimum absolute atomic E-state index is 0.177. The number of rotatable bonds is 5. The van der Waals surface area contributed by atoms with Crippen LogP contribution in [-0.2, 0) is 4.74 Å². The topological polar surface area (TPSA) is 75.6 Å². The van der Waals surface area contributed by atoms with Crippen molar-refractivity contribution in [3.05, 3.63) is 35.4 Å². The minimum atomic E-state index is -0.995. The summed E-state index contributed by atoms with van der Waals surface area (Å²) in [6.07, 6.45) is 3.23. The number of hydrogen-bond acceptors (Lipinski definition) is 3. The lowest BCUT2D eigenvalue weighted by Gasteiger charge is -2.10. The second kappa shape index (κ2) is 6.33. The van der Waals surface area contributed by atoms with Crippen LogP contribution in [0.5, 0.6) is 0 Å². The molecule has 102 valence electrons. The van der Waals surface area contributed by atoms with Crippen LogP contribution < -0.4 is 5.32 Å². The highest BCUT2D eigenvalue weighted by molar-refractivity contribution is 5.95. The van der Waals surface area contributed by atoms with Gasteiger partial charge < -0.3 is 15.2 Å². The van der Waals surface area contributed by atoms with Gasteiger partial charge in [-0.25, -0.2) is 4.79 Å². The van der Waals surface area contributed by atoms with E-state index in [-0.39, 0.29) is 17.6 Å². The lowest BCUT2D eigenvalue weighted by Crippen LogP contribution is -2.27. The molecule has 5 heteroatoms. The third-order valence-corrected chi connectivity index (χ3v) is 3.17. The molecule has 1 atom stereocenters. The Kier molecular flexibility index (Phi) is 4.52. The summed E-state index contributed by atoms with van der Waals surface area (Å²) in [4.78, 5) is 22.5. The van der Waals surface area contributed by atoms with Gasteiger partial charge in [0.25, 0.3) is 5.91 Å². The van der Waals surface area contributed by atoms with E-state index in [1.165, 1.54) is 24.3 Å². The molecule has 2 N–H and O–H groups in total. The van der Waals surface area contributed by atoms with E-state index in [0.29, 0.717) is 12.1 Å². The third-order valence-electron chi connectivity index (χ3n) is 3.17. The van der Waals surface area contributed by atoms with Gasteiger partial charge in [0.1, 0.15) is 0 Å². The summed E-state index contributed by atoms with van der Waals surface area (Å²) in [5.74, 6) is -1.18. The molecule has 1 fully saturated rings. The van der Waals surface area contributed by atoms with Gasteiger partial charge in [0.05, 0.1) is 11.7 Å². The molecule has 0 bridgehead atoms. The van der Waals surface area contributed by atoms with Crippen LogP contribution in [0, 0.1) is 0 Å². The van der Waals surface area contributed by atoms with Crippen LogP contribution in [0.25, 0.3) is 0 Å². The van der Waals surface area contributed by atoms with Crippen molar-refractivity contribution >= 4 is 11.9 Å². The standard InChI is InChI=1S/C14H17NO4/c16-13(15-8-7-12-2-1-9-19-12)10-3-5-11(6-4-10)14(17)18/h3-6,12H,1-2,7-9H2,(H,15,16)(H,17,18). The number of carboxylic acids is 1. The molecule has 2 rings (SSSR count). The molecule has 19 heavy (non-hydrogen) atoms. The third kappa shape index (κ3) is 3.79. The van der Waals surface area contributed by atoms with Crippen LogP contribution in [0.1, 0.15) is 40.0 Å². The minimum Gasteiger partial charge on any atom is -0.478 e. The van der Waals surface area contributed by atoms with E-state index in [4.69, 9.17) is 9.84 Å². The molecule has 1 aromatic rings. The van der Waals surface area contributed by atoms with Crippen molar-refractivity contribution in [1.82, 2.24) is 5.32 Å². The van der Waals surface area contributed by atoms with Crippen molar-refractivity contribution in [3.8, 4) is 0 Å². The molecule has 1 aliphatic heterocycles. The summed E-state index contributed by atoms with van der Waals surface area (Å²) in [5.41, 5.74) is 0.647. The number of amides is 1. The summed E-state index contributed by atoms with van der Waals surface area (Å²) in [5, 5.41) is 11.6. The molecule has 0 aromatic heterocycles. The maximum atomic E-state index is 11.8. The van der Waals surface area contributed by atoms with Gasteiger partial charge in [-0.1, -0.05) is 0 Å². The average Bonchev–Trinajstić information content (AvgIpc) is 2.92. The molecular weight excluding hydrogens is 246 g/mol. The molecule has 1 aromatic carbocycles. The fraction of sp³-hybridized carbons (Fsp3) is 0.429. The van der Waals surface area contributed by atoms with Crippen molar-refractivity contribution in [3.63, 3.8) is 0 Å². The highest BCUT2D eigenvalue weighted by atomic mass is 16.5. The molecule has 0 radical (unpaired) electrons. The molecule has 5 nitrogen and oxygen atoms in total.